The molecule has 0 amide bonds. The Balaban J connectivity index is 2.19. The highest BCUT2D eigenvalue weighted by Crippen LogP contribution is 2.58. The van der Waals surface area contributed by atoms with Crippen LogP contribution in [0.3, 0.4) is 0 Å². The molecule has 2 heterocycles. The normalized spacial score (nSPS) is 22.4. The molecule has 2 rings (SSSR count). The van der Waals surface area contributed by atoms with Crippen LogP contribution in [0, 0.1) is 0 Å². The molecule has 0 saturated carbocycles. The molecule has 0 atom stereocenters. The van der Waals surface area contributed by atoms with Crippen LogP contribution in [-0.2, 0) is 9.05 Å². The second-order valence-corrected chi connectivity index (χ2v) is 5.78. The van der Waals surface area contributed by atoms with Gasteiger partial charge in [-0.2, -0.15) is 0 Å². The first kappa shape index (κ1) is 8.60. The van der Waals surface area contributed by atoms with Gasteiger partial charge in [0, 0.05) is 0 Å². The highest BCUT2D eigenvalue weighted by molar-refractivity contribution is 7.74. The molecule has 0 aromatic carbocycles. The fraction of sp³-hybridized carbons (Fsp3) is 0.429. The summed E-state index contributed by atoms with van der Waals surface area (Å²) in [6, 6.07) is 3.74. The van der Waals surface area contributed by atoms with Gasteiger partial charge in [-0.1, -0.05) is 6.07 Å². The van der Waals surface area contributed by atoms with Gasteiger partial charge in [-0.3, -0.25) is 0 Å². The van der Waals surface area contributed by atoms with Gasteiger partial charge in [0.05, 0.1) is 13.2 Å². The lowest BCUT2D eigenvalue weighted by atomic mass is 10.5. The Morgan fingerprint density at radius 1 is 1.42 bits per heavy atom. The third kappa shape index (κ3) is 1.53. The van der Waals surface area contributed by atoms with E-state index in [0.29, 0.717) is 13.2 Å². The quantitative estimate of drug-likeness (QED) is 0.707. The minimum Gasteiger partial charge on any atom is -0.332 e. The van der Waals surface area contributed by atoms with Gasteiger partial charge in [0.1, 0.15) is 4.62 Å². The van der Waals surface area contributed by atoms with Gasteiger partial charge in [-0.05, 0) is 17.9 Å². The predicted octanol–water partition coefficient (Wildman–Crippen LogP) is 1.57. The van der Waals surface area contributed by atoms with E-state index in [1.807, 2.05) is 17.5 Å². The van der Waals surface area contributed by atoms with E-state index in [-0.39, 0.29) is 0 Å². The van der Waals surface area contributed by atoms with E-state index >= 15 is 0 Å². The van der Waals surface area contributed by atoms with E-state index in [4.69, 9.17) is 9.05 Å². The maximum absolute atomic E-state index is 9.91. The van der Waals surface area contributed by atoms with Gasteiger partial charge < -0.3 is 13.9 Å². The van der Waals surface area contributed by atoms with Crippen molar-refractivity contribution in [1.29, 1.82) is 0 Å². The average Bonchev–Trinajstić information content (AvgIpc) is 2.58. The van der Waals surface area contributed by atoms with Crippen molar-refractivity contribution in [1.82, 2.24) is 0 Å². The number of rotatable bonds is 1. The van der Waals surface area contributed by atoms with Gasteiger partial charge in [0.15, 0.2) is 0 Å². The molecule has 12 heavy (non-hydrogen) atoms. The maximum Gasteiger partial charge on any atom is 0.272 e. The number of hydrogen-bond acceptors (Lipinski definition) is 4. The van der Waals surface area contributed by atoms with Crippen LogP contribution in [0.15, 0.2) is 17.5 Å². The molecule has 1 aromatic heterocycles. The zero-order valence-electron chi connectivity index (χ0n) is 6.47. The van der Waals surface area contributed by atoms with Crippen molar-refractivity contribution in [2.75, 3.05) is 13.2 Å². The van der Waals surface area contributed by atoms with Crippen LogP contribution in [-0.4, -0.2) is 18.1 Å². The lowest BCUT2D eigenvalue weighted by Gasteiger charge is -2.31. The molecule has 67 valence electrons. The number of hydrogen-bond donors (Lipinski definition) is 1. The Kier molecular flexibility index (Phi) is 2.44. The first-order valence-electron chi connectivity index (χ1n) is 3.76. The second kappa shape index (κ2) is 3.40. The zero-order valence-corrected chi connectivity index (χ0v) is 8.18. The Morgan fingerprint density at radius 2 is 2.17 bits per heavy atom. The van der Waals surface area contributed by atoms with Crippen molar-refractivity contribution >= 4 is 23.9 Å². The minimum atomic E-state index is -2.65. The van der Waals surface area contributed by atoms with Crippen LogP contribution in [0.2, 0.25) is 0 Å². The summed E-state index contributed by atoms with van der Waals surface area (Å²) in [5.41, 5.74) is 0. The van der Waals surface area contributed by atoms with Crippen molar-refractivity contribution in [3.05, 3.63) is 17.5 Å². The topological polar surface area (TPSA) is 38.7 Å². The van der Waals surface area contributed by atoms with Gasteiger partial charge in [-0.15, -0.1) is 11.3 Å². The van der Waals surface area contributed by atoms with Crippen molar-refractivity contribution in [2.45, 2.75) is 6.42 Å². The molecule has 0 bridgehead atoms. The highest BCUT2D eigenvalue weighted by atomic mass is 32.1. The van der Waals surface area contributed by atoms with Crippen LogP contribution in [0.1, 0.15) is 6.42 Å². The predicted molar refractivity (Wildman–Crippen MR) is 49.6 cm³/mol. The van der Waals surface area contributed by atoms with Crippen LogP contribution < -0.4 is 4.62 Å². The summed E-state index contributed by atoms with van der Waals surface area (Å²) in [5, 5.41) is 1.91. The van der Waals surface area contributed by atoms with E-state index in [1.54, 1.807) is 0 Å². The van der Waals surface area contributed by atoms with E-state index in [1.165, 1.54) is 11.3 Å². The Labute approximate surface area is 75.5 Å². The average molecular weight is 205 g/mol. The van der Waals surface area contributed by atoms with Crippen molar-refractivity contribution in [3.63, 3.8) is 0 Å². The van der Waals surface area contributed by atoms with Gasteiger partial charge in [-0.25, -0.2) is 0 Å². The molecule has 1 saturated heterocycles. The monoisotopic (exact) mass is 205 g/mol. The van der Waals surface area contributed by atoms with Crippen LogP contribution >= 0.6 is 19.3 Å². The molecule has 5 heteroatoms. The molecule has 1 fully saturated rings. The fourth-order valence-corrected chi connectivity index (χ4v) is 3.87. The number of thiophene rings is 1. The van der Waals surface area contributed by atoms with E-state index in [2.05, 4.69) is 0 Å². The maximum atomic E-state index is 9.91. The minimum absolute atomic E-state index is 0.599. The Hall–Kier alpha value is 0.0100. The summed E-state index contributed by atoms with van der Waals surface area (Å²) in [7, 11) is -2.65. The molecule has 3 nitrogen and oxygen atoms in total. The standard InChI is InChI=1S/C7H10O3PS/c8-11(7-3-1-6-12-7)9-4-2-5-10-11/h1,3,6,8H,2,4-5H2. The fourth-order valence-electron chi connectivity index (χ4n) is 1.03. The molecule has 0 unspecified atom stereocenters. The van der Waals surface area contributed by atoms with Crippen LogP contribution in [0.5, 0.6) is 0 Å². The lowest BCUT2D eigenvalue weighted by Crippen LogP contribution is -2.19. The largest absolute Gasteiger partial charge is 0.332 e. The molecule has 1 aliphatic rings. The van der Waals surface area contributed by atoms with Crippen LogP contribution in [0.4, 0.5) is 0 Å². The highest BCUT2D eigenvalue weighted by Gasteiger charge is 2.33. The first-order chi connectivity index (χ1) is 5.81. The molecular formula is C7H10O3PS. The summed E-state index contributed by atoms with van der Waals surface area (Å²) in [6.07, 6.45) is 0.869. The van der Waals surface area contributed by atoms with Gasteiger partial charge in [0.2, 0.25) is 0 Å². The summed E-state index contributed by atoms with van der Waals surface area (Å²) in [5.74, 6) is 0. The molecule has 0 aliphatic carbocycles. The summed E-state index contributed by atoms with van der Waals surface area (Å²) < 4.78 is 11.4. The zero-order chi connectivity index (χ0) is 8.44. The second-order valence-electron chi connectivity index (χ2n) is 2.49. The van der Waals surface area contributed by atoms with E-state index in [9.17, 15) is 4.89 Å². The SMILES string of the molecule is O[P]1(c2cccs2)OCCCO1. The van der Waals surface area contributed by atoms with Gasteiger partial charge >= 0.3 is 0 Å². The third-order valence-electron chi connectivity index (χ3n) is 1.61. The smallest absolute Gasteiger partial charge is 0.272 e. The summed E-state index contributed by atoms with van der Waals surface area (Å²) >= 11 is 1.48. The molecule has 1 N–H and O–H groups in total. The summed E-state index contributed by atoms with van der Waals surface area (Å²) in [4.78, 5) is 9.91. The van der Waals surface area contributed by atoms with Crippen molar-refractivity contribution in [3.8, 4) is 0 Å². The third-order valence-corrected chi connectivity index (χ3v) is 5.06. The van der Waals surface area contributed by atoms with Gasteiger partial charge in [0.25, 0.3) is 7.94 Å². The van der Waals surface area contributed by atoms with E-state index in [0.717, 1.165) is 11.0 Å². The van der Waals surface area contributed by atoms with Crippen molar-refractivity contribution < 1.29 is 13.9 Å². The molecule has 0 spiro atoms. The Bertz CT molecular complexity index is 243. The van der Waals surface area contributed by atoms with Crippen LogP contribution in [0.25, 0.3) is 0 Å². The molecular weight excluding hydrogens is 195 g/mol. The van der Waals surface area contributed by atoms with Crippen molar-refractivity contribution in [2.24, 2.45) is 0 Å². The van der Waals surface area contributed by atoms with E-state index < -0.39 is 7.94 Å². The lowest BCUT2D eigenvalue weighted by molar-refractivity contribution is 0.131. The molecule has 1 aromatic rings. The molecule has 1 radical (unpaired) electrons. The Morgan fingerprint density at radius 3 is 2.75 bits per heavy atom. The molecule has 1 aliphatic heterocycles. The first-order valence-corrected chi connectivity index (χ1v) is 6.22. The summed E-state index contributed by atoms with van der Waals surface area (Å²) in [6.45, 7) is 1.20.